The highest BCUT2D eigenvalue weighted by molar-refractivity contribution is 6.00. The molecule has 2 aromatic rings. The van der Waals surface area contributed by atoms with Gasteiger partial charge in [0.05, 0.1) is 18.7 Å². The van der Waals surface area contributed by atoms with Crippen LogP contribution in [0.4, 0.5) is 0 Å². The third-order valence-electron chi connectivity index (χ3n) is 4.88. The molecule has 0 saturated heterocycles. The van der Waals surface area contributed by atoms with Crippen molar-refractivity contribution in [3.05, 3.63) is 65.2 Å². The molecule has 1 fully saturated rings. The average Bonchev–Trinajstić information content (AvgIpc) is 3.35. The summed E-state index contributed by atoms with van der Waals surface area (Å²) in [4.78, 5) is 14.7. The van der Waals surface area contributed by atoms with Gasteiger partial charge in [-0.05, 0) is 36.6 Å². The van der Waals surface area contributed by atoms with Crippen molar-refractivity contribution in [2.45, 2.75) is 24.4 Å². The van der Waals surface area contributed by atoms with Gasteiger partial charge >= 0.3 is 0 Å². The summed E-state index contributed by atoms with van der Waals surface area (Å²) in [7, 11) is 1.59. The van der Waals surface area contributed by atoms with Gasteiger partial charge in [0.25, 0.3) is 5.91 Å². The van der Waals surface area contributed by atoms with Crippen molar-refractivity contribution in [3.8, 4) is 11.8 Å². The molecule has 0 aromatic heterocycles. The highest BCUT2D eigenvalue weighted by atomic mass is 16.5. The first-order valence-electron chi connectivity index (χ1n) is 7.68. The van der Waals surface area contributed by atoms with Crippen molar-refractivity contribution in [2.24, 2.45) is 0 Å². The third-order valence-corrected chi connectivity index (χ3v) is 4.88. The van der Waals surface area contributed by atoms with Crippen LogP contribution in [-0.4, -0.2) is 17.9 Å². The van der Waals surface area contributed by atoms with Crippen LogP contribution in [-0.2, 0) is 5.54 Å². The van der Waals surface area contributed by atoms with Crippen molar-refractivity contribution < 1.29 is 9.53 Å². The van der Waals surface area contributed by atoms with Crippen molar-refractivity contribution in [3.63, 3.8) is 0 Å². The smallest absolute Gasteiger partial charge is 0.256 e. The molecule has 1 unspecified atom stereocenters. The molecule has 1 aliphatic carbocycles. The fraction of sp³-hybridized carbons (Fsp3) is 0.263. The van der Waals surface area contributed by atoms with E-state index in [4.69, 9.17) is 4.74 Å². The van der Waals surface area contributed by atoms with Crippen LogP contribution >= 0.6 is 0 Å². The molecule has 4 heteroatoms. The summed E-state index contributed by atoms with van der Waals surface area (Å²) in [6, 6.07) is 17.1. The Morgan fingerprint density at radius 1 is 1.22 bits per heavy atom. The number of carbonyl (C=O) groups excluding carboxylic acids is 1. The maximum atomic E-state index is 13.0. The number of nitrogens with zero attached hydrogens (tertiary/aromatic N) is 2. The molecule has 1 heterocycles. The monoisotopic (exact) mass is 304 g/mol. The van der Waals surface area contributed by atoms with E-state index in [1.54, 1.807) is 24.1 Å². The van der Waals surface area contributed by atoms with Gasteiger partial charge in [-0.25, -0.2) is 0 Å². The van der Waals surface area contributed by atoms with E-state index in [1.165, 1.54) is 0 Å². The average molecular weight is 304 g/mol. The van der Waals surface area contributed by atoms with Gasteiger partial charge < -0.3 is 9.64 Å². The van der Waals surface area contributed by atoms with Gasteiger partial charge in [0.1, 0.15) is 11.8 Å². The van der Waals surface area contributed by atoms with E-state index in [2.05, 4.69) is 6.07 Å². The Morgan fingerprint density at radius 3 is 2.57 bits per heavy atom. The van der Waals surface area contributed by atoms with E-state index in [9.17, 15) is 10.1 Å². The van der Waals surface area contributed by atoms with Crippen LogP contribution in [0.1, 0.15) is 40.4 Å². The van der Waals surface area contributed by atoms with E-state index in [-0.39, 0.29) is 11.4 Å². The summed E-state index contributed by atoms with van der Waals surface area (Å²) in [6.45, 7) is 0. The van der Waals surface area contributed by atoms with E-state index < -0.39 is 6.04 Å². The standard InChI is InChI=1S/C19H16N2O2/c1-23-14-7-8-15-16(11-14)17(12-20)21(18(15)22)19(9-10-19)13-5-3-2-4-6-13/h2-8,11,17H,9-10H2,1H3. The SMILES string of the molecule is COc1ccc2c(c1)C(C#N)N(C1(c3ccccc3)CC1)C2=O. The Hall–Kier alpha value is -2.80. The second-order valence-electron chi connectivity index (χ2n) is 6.06. The number of nitriles is 1. The maximum absolute atomic E-state index is 13.0. The normalized spacial score (nSPS) is 20.8. The summed E-state index contributed by atoms with van der Waals surface area (Å²) in [5, 5.41) is 9.72. The largest absolute Gasteiger partial charge is 0.497 e. The lowest BCUT2D eigenvalue weighted by atomic mass is 10.0. The number of hydrogen-bond donors (Lipinski definition) is 0. The first kappa shape index (κ1) is 13.8. The lowest BCUT2D eigenvalue weighted by molar-refractivity contribution is 0.0635. The quantitative estimate of drug-likeness (QED) is 0.873. The fourth-order valence-electron chi connectivity index (χ4n) is 3.58. The van der Waals surface area contributed by atoms with Crippen molar-refractivity contribution in [1.82, 2.24) is 4.90 Å². The van der Waals surface area contributed by atoms with Crippen LogP contribution in [0.25, 0.3) is 0 Å². The summed E-state index contributed by atoms with van der Waals surface area (Å²) in [5.74, 6) is 0.610. The summed E-state index contributed by atoms with van der Waals surface area (Å²) in [6.07, 6.45) is 1.79. The van der Waals surface area contributed by atoms with Gasteiger partial charge in [-0.3, -0.25) is 4.79 Å². The van der Waals surface area contributed by atoms with Crippen LogP contribution in [0.2, 0.25) is 0 Å². The lowest BCUT2D eigenvalue weighted by Crippen LogP contribution is -2.38. The molecular weight excluding hydrogens is 288 g/mol. The topological polar surface area (TPSA) is 53.3 Å². The lowest BCUT2D eigenvalue weighted by Gasteiger charge is -2.31. The number of methoxy groups -OCH3 is 1. The number of rotatable bonds is 3. The molecule has 1 aliphatic heterocycles. The molecule has 1 atom stereocenters. The first-order chi connectivity index (χ1) is 11.2. The van der Waals surface area contributed by atoms with Crippen LogP contribution in [0.15, 0.2) is 48.5 Å². The molecular formula is C19H16N2O2. The van der Waals surface area contributed by atoms with E-state index in [0.29, 0.717) is 11.3 Å². The minimum atomic E-state index is -0.560. The number of hydrogen-bond acceptors (Lipinski definition) is 3. The molecule has 23 heavy (non-hydrogen) atoms. The highest BCUT2D eigenvalue weighted by Gasteiger charge is 2.57. The Morgan fingerprint density at radius 2 is 1.96 bits per heavy atom. The van der Waals surface area contributed by atoms with Crippen LogP contribution < -0.4 is 4.74 Å². The summed E-state index contributed by atoms with van der Waals surface area (Å²) >= 11 is 0. The fourth-order valence-corrected chi connectivity index (χ4v) is 3.58. The molecule has 0 spiro atoms. The molecule has 1 saturated carbocycles. The second-order valence-corrected chi connectivity index (χ2v) is 6.06. The number of fused-ring (bicyclic) bond motifs is 1. The zero-order chi connectivity index (χ0) is 16.0. The Balaban J connectivity index is 1.82. The van der Waals surface area contributed by atoms with E-state index in [0.717, 1.165) is 24.0 Å². The molecule has 1 amide bonds. The molecule has 0 N–H and O–H groups in total. The van der Waals surface area contributed by atoms with Gasteiger partial charge in [0, 0.05) is 11.1 Å². The van der Waals surface area contributed by atoms with Gasteiger partial charge in [0.15, 0.2) is 0 Å². The number of carbonyl (C=O) groups is 1. The van der Waals surface area contributed by atoms with Crippen LogP contribution in [0, 0.1) is 11.3 Å². The van der Waals surface area contributed by atoms with E-state index in [1.807, 2.05) is 36.4 Å². The minimum Gasteiger partial charge on any atom is -0.497 e. The number of benzene rings is 2. The predicted molar refractivity (Wildman–Crippen MR) is 84.9 cm³/mol. The third kappa shape index (κ3) is 1.86. The van der Waals surface area contributed by atoms with Gasteiger partial charge in [-0.2, -0.15) is 5.26 Å². The minimum absolute atomic E-state index is 0.0597. The highest BCUT2D eigenvalue weighted by Crippen LogP contribution is 2.56. The Bertz CT molecular complexity index is 819. The molecule has 0 bridgehead atoms. The van der Waals surface area contributed by atoms with Crippen molar-refractivity contribution >= 4 is 5.91 Å². The summed E-state index contributed by atoms with van der Waals surface area (Å²) < 4.78 is 5.25. The van der Waals surface area contributed by atoms with Crippen LogP contribution in [0.5, 0.6) is 5.75 Å². The molecule has 4 nitrogen and oxygen atoms in total. The zero-order valence-corrected chi connectivity index (χ0v) is 12.8. The van der Waals surface area contributed by atoms with Crippen molar-refractivity contribution in [2.75, 3.05) is 7.11 Å². The molecule has 2 aliphatic rings. The Labute approximate surface area is 134 Å². The number of ether oxygens (including phenoxy) is 1. The van der Waals surface area contributed by atoms with Gasteiger partial charge in [0.2, 0.25) is 0 Å². The van der Waals surface area contributed by atoms with Gasteiger partial charge in [-0.15, -0.1) is 0 Å². The van der Waals surface area contributed by atoms with Crippen LogP contribution in [0.3, 0.4) is 0 Å². The number of amides is 1. The zero-order valence-electron chi connectivity index (χ0n) is 12.8. The van der Waals surface area contributed by atoms with Crippen molar-refractivity contribution in [1.29, 1.82) is 5.26 Å². The molecule has 114 valence electrons. The molecule has 2 aromatic carbocycles. The predicted octanol–water partition coefficient (Wildman–Crippen LogP) is 3.40. The second kappa shape index (κ2) is 4.85. The summed E-state index contributed by atoms with van der Waals surface area (Å²) in [5.41, 5.74) is 2.12. The molecule has 4 rings (SSSR count). The Kier molecular flexibility index (Phi) is 2.92. The maximum Gasteiger partial charge on any atom is 0.256 e. The van der Waals surface area contributed by atoms with E-state index >= 15 is 0 Å². The molecule has 0 radical (unpaired) electrons. The van der Waals surface area contributed by atoms with Gasteiger partial charge in [-0.1, -0.05) is 30.3 Å². The first-order valence-corrected chi connectivity index (χ1v) is 7.68.